The van der Waals surface area contributed by atoms with E-state index in [4.69, 9.17) is 0 Å². The van der Waals surface area contributed by atoms with Crippen molar-refractivity contribution in [1.29, 1.82) is 0 Å². The summed E-state index contributed by atoms with van der Waals surface area (Å²) in [6, 6.07) is 5.97. The molecule has 1 nitrogen and oxygen atoms in total. The van der Waals surface area contributed by atoms with Crippen LogP contribution in [0.15, 0.2) is 42.6 Å². The minimum absolute atomic E-state index is 1.05. The highest BCUT2D eigenvalue weighted by atomic mass is 14.7. The van der Waals surface area contributed by atoms with Gasteiger partial charge in [0.25, 0.3) is 0 Å². The normalized spacial score (nSPS) is 15.1. The fourth-order valence-corrected chi connectivity index (χ4v) is 1.18. The van der Waals surface area contributed by atoms with Crippen LogP contribution in [0, 0.1) is 0 Å². The van der Waals surface area contributed by atoms with Crippen LogP contribution in [0.1, 0.15) is 12.1 Å². The molecule has 0 atom stereocenters. The van der Waals surface area contributed by atoms with Gasteiger partial charge in [-0.25, -0.2) is 0 Å². The van der Waals surface area contributed by atoms with Crippen molar-refractivity contribution in [3.05, 3.63) is 48.3 Å². The molecule has 0 saturated heterocycles. The fraction of sp³-hybridized carbons (Fsp3) is 0.100. The zero-order valence-electron chi connectivity index (χ0n) is 6.20. The van der Waals surface area contributed by atoms with Gasteiger partial charge in [-0.1, -0.05) is 24.3 Å². The van der Waals surface area contributed by atoms with Crippen LogP contribution in [-0.2, 0) is 0 Å². The number of hydrogen-bond donors (Lipinski definition) is 0. The molecular formula is C10H9N. The Hall–Kier alpha value is -1.37. The molecule has 11 heavy (non-hydrogen) atoms. The molecule has 54 valence electrons. The monoisotopic (exact) mass is 143 g/mol. The van der Waals surface area contributed by atoms with Gasteiger partial charge in [0.15, 0.2) is 0 Å². The zero-order chi connectivity index (χ0) is 7.52. The van der Waals surface area contributed by atoms with Crippen molar-refractivity contribution < 1.29 is 0 Å². The highest BCUT2D eigenvalue weighted by Gasteiger charge is 2.00. The largest absolute Gasteiger partial charge is 0.256 e. The van der Waals surface area contributed by atoms with Gasteiger partial charge in [-0.15, -0.1) is 0 Å². The fourth-order valence-electron chi connectivity index (χ4n) is 1.18. The lowest BCUT2D eigenvalue weighted by molar-refractivity contribution is 1.28. The first kappa shape index (κ1) is 6.35. The number of nitrogens with zero attached hydrogens (tertiary/aromatic N) is 1. The van der Waals surface area contributed by atoms with Crippen molar-refractivity contribution in [2.75, 3.05) is 0 Å². The van der Waals surface area contributed by atoms with Gasteiger partial charge in [-0.3, -0.25) is 4.98 Å². The lowest BCUT2D eigenvalue weighted by Gasteiger charge is -1.95. The molecule has 0 aliphatic heterocycles. The quantitative estimate of drug-likeness (QED) is 0.588. The summed E-state index contributed by atoms with van der Waals surface area (Å²) in [4.78, 5) is 4.24. The summed E-state index contributed by atoms with van der Waals surface area (Å²) in [5.74, 6) is 0. The molecule has 1 aromatic heterocycles. The van der Waals surface area contributed by atoms with Crippen molar-refractivity contribution in [1.82, 2.24) is 4.98 Å². The van der Waals surface area contributed by atoms with E-state index in [1.165, 1.54) is 5.57 Å². The summed E-state index contributed by atoms with van der Waals surface area (Å²) in [5, 5.41) is 0. The highest BCUT2D eigenvalue weighted by Crippen LogP contribution is 2.18. The van der Waals surface area contributed by atoms with Crippen LogP contribution < -0.4 is 0 Å². The van der Waals surface area contributed by atoms with Crippen LogP contribution in [0.3, 0.4) is 0 Å². The summed E-state index contributed by atoms with van der Waals surface area (Å²) < 4.78 is 0. The molecule has 0 saturated carbocycles. The Labute approximate surface area is 66.1 Å². The number of pyridine rings is 1. The van der Waals surface area contributed by atoms with Crippen LogP contribution in [0.4, 0.5) is 0 Å². The Morgan fingerprint density at radius 3 is 2.91 bits per heavy atom. The van der Waals surface area contributed by atoms with Gasteiger partial charge in [0.2, 0.25) is 0 Å². The van der Waals surface area contributed by atoms with Gasteiger partial charge in [0, 0.05) is 6.20 Å². The smallest absolute Gasteiger partial charge is 0.0698 e. The Morgan fingerprint density at radius 1 is 1.27 bits per heavy atom. The van der Waals surface area contributed by atoms with Crippen LogP contribution in [-0.4, -0.2) is 4.98 Å². The first-order valence-corrected chi connectivity index (χ1v) is 3.75. The van der Waals surface area contributed by atoms with E-state index >= 15 is 0 Å². The molecule has 0 spiro atoms. The first-order valence-electron chi connectivity index (χ1n) is 3.75. The summed E-state index contributed by atoms with van der Waals surface area (Å²) in [7, 11) is 0. The molecule has 0 fully saturated rings. The molecule has 2 rings (SSSR count). The predicted octanol–water partition coefficient (Wildman–Crippen LogP) is 2.42. The molecule has 0 aromatic carbocycles. The Morgan fingerprint density at radius 2 is 2.27 bits per heavy atom. The van der Waals surface area contributed by atoms with Crippen molar-refractivity contribution in [2.24, 2.45) is 0 Å². The molecule has 1 heterocycles. The molecule has 1 aliphatic carbocycles. The van der Waals surface area contributed by atoms with E-state index in [1.54, 1.807) is 0 Å². The van der Waals surface area contributed by atoms with E-state index in [2.05, 4.69) is 23.2 Å². The Bertz CT molecular complexity index is 296. The first-order chi connectivity index (χ1) is 5.47. The third-order valence-electron chi connectivity index (χ3n) is 1.73. The van der Waals surface area contributed by atoms with Crippen molar-refractivity contribution in [3.8, 4) is 0 Å². The van der Waals surface area contributed by atoms with E-state index in [-0.39, 0.29) is 0 Å². The molecule has 0 unspecified atom stereocenters. The summed E-state index contributed by atoms with van der Waals surface area (Å²) >= 11 is 0. The maximum atomic E-state index is 4.24. The van der Waals surface area contributed by atoms with Gasteiger partial charge in [0.1, 0.15) is 0 Å². The van der Waals surface area contributed by atoms with Gasteiger partial charge >= 0.3 is 0 Å². The Kier molecular flexibility index (Phi) is 1.56. The molecule has 0 amide bonds. The third-order valence-corrected chi connectivity index (χ3v) is 1.73. The molecule has 0 radical (unpaired) electrons. The van der Waals surface area contributed by atoms with Gasteiger partial charge in [0.05, 0.1) is 5.69 Å². The molecule has 0 bridgehead atoms. The van der Waals surface area contributed by atoms with Crippen molar-refractivity contribution >= 4 is 5.57 Å². The zero-order valence-corrected chi connectivity index (χ0v) is 6.20. The van der Waals surface area contributed by atoms with E-state index in [1.807, 2.05) is 24.4 Å². The SMILES string of the molecule is C1=CC(c2ccccn2)=CC1. The number of rotatable bonds is 1. The second-order valence-electron chi connectivity index (χ2n) is 2.51. The van der Waals surface area contributed by atoms with Crippen molar-refractivity contribution in [3.63, 3.8) is 0 Å². The Balaban J connectivity index is 2.37. The topological polar surface area (TPSA) is 12.9 Å². The second kappa shape index (κ2) is 2.70. The average molecular weight is 143 g/mol. The summed E-state index contributed by atoms with van der Waals surface area (Å²) in [6.45, 7) is 0. The molecule has 1 aliphatic rings. The standard InChI is InChI=1S/C10H9N/c1-2-6-9(5-1)10-7-3-4-8-11-10/h1,3-8H,2H2. The average Bonchev–Trinajstić information content (AvgIpc) is 2.58. The van der Waals surface area contributed by atoms with Crippen LogP contribution in [0.25, 0.3) is 5.57 Å². The predicted molar refractivity (Wildman–Crippen MR) is 46.0 cm³/mol. The number of allylic oxidation sites excluding steroid dienone is 4. The highest BCUT2D eigenvalue weighted by molar-refractivity contribution is 5.73. The third kappa shape index (κ3) is 1.22. The van der Waals surface area contributed by atoms with E-state index < -0.39 is 0 Å². The number of aromatic nitrogens is 1. The maximum absolute atomic E-state index is 4.24. The number of hydrogen-bond acceptors (Lipinski definition) is 1. The molecule has 0 N–H and O–H groups in total. The minimum atomic E-state index is 1.05. The molecular weight excluding hydrogens is 134 g/mol. The minimum Gasteiger partial charge on any atom is -0.256 e. The maximum Gasteiger partial charge on any atom is 0.0698 e. The van der Waals surface area contributed by atoms with Gasteiger partial charge in [-0.05, 0) is 24.1 Å². The van der Waals surface area contributed by atoms with Crippen LogP contribution in [0.2, 0.25) is 0 Å². The molecule has 1 heteroatoms. The van der Waals surface area contributed by atoms with E-state index in [0.29, 0.717) is 0 Å². The van der Waals surface area contributed by atoms with Crippen molar-refractivity contribution in [2.45, 2.75) is 6.42 Å². The van der Waals surface area contributed by atoms with Gasteiger partial charge in [-0.2, -0.15) is 0 Å². The summed E-state index contributed by atoms with van der Waals surface area (Å²) in [5.41, 5.74) is 2.31. The molecule has 1 aromatic rings. The van der Waals surface area contributed by atoms with E-state index in [9.17, 15) is 0 Å². The summed E-state index contributed by atoms with van der Waals surface area (Å²) in [6.07, 6.45) is 9.31. The second-order valence-corrected chi connectivity index (χ2v) is 2.51. The van der Waals surface area contributed by atoms with Crippen LogP contribution in [0.5, 0.6) is 0 Å². The lowest BCUT2D eigenvalue weighted by Crippen LogP contribution is -1.81. The van der Waals surface area contributed by atoms with Crippen LogP contribution >= 0.6 is 0 Å². The van der Waals surface area contributed by atoms with Gasteiger partial charge < -0.3 is 0 Å². The van der Waals surface area contributed by atoms with E-state index in [0.717, 1.165) is 12.1 Å². The lowest BCUT2D eigenvalue weighted by atomic mass is 10.2.